The summed E-state index contributed by atoms with van der Waals surface area (Å²) in [7, 11) is 1.42. The van der Waals surface area contributed by atoms with E-state index in [1.54, 1.807) is 0 Å². The molecule has 2 unspecified atom stereocenters. The lowest BCUT2D eigenvalue weighted by molar-refractivity contribution is 0.0605. The summed E-state index contributed by atoms with van der Waals surface area (Å²) in [6.45, 7) is 7.48. The van der Waals surface area contributed by atoms with Gasteiger partial charge in [-0.05, 0) is 33.2 Å². The zero-order valence-corrected chi connectivity index (χ0v) is 13.8. The molecule has 5 nitrogen and oxygen atoms in total. The number of piperidine rings is 1. The lowest BCUT2D eigenvalue weighted by atomic mass is 9.97. The van der Waals surface area contributed by atoms with Gasteiger partial charge in [0, 0.05) is 25.2 Å². The quantitative estimate of drug-likeness (QED) is 0.785. The summed E-state index contributed by atoms with van der Waals surface area (Å²) < 4.78 is 4.84. The Hall–Kier alpha value is -1.14. The lowest BCUT2D eigenvalue weighted by Gasteiger charge is -2.47. The van der Waals surface area contributed by atoms with E-state index in [4.69, 9.17) is 4.74 Å². The van der Waals surface area contributed by atoms with Gasteiger partial charge in [-0.1, -0.05) is 17.8 Å². The van der Waals surface area contributed by atoms with Crippen LogP contribution in [0.25, 0.3) is 0 Å². The van der Waals surface area contributed by atoms with Crippen LogP contribution in [0.15, 0.2) is 0 Å². The molecular weight excluding hydrogens is 286 g/mol. The number of carbonyl (C=O) groups excluding carboxylic acids is 1. The topological polar surface area (TPSA) is 45.7 Å². The van der Waals surface area contributed by atoms with Crippen LogP contribution in [0, 0.1) is 6.92 Å². The lowest BCUT2D eigenvalue weighted by Crippen LogP contribution is -2.58. The molecule has 3 rings (SSSR count). The molecular formula is C15H23N3O2S. The zero-order valence-electron chi connectivity index (χ0n) is 13.0. The van der Waals surface area contributed by atoms with E-state index in [2.05, 4.69) is 21.7 Å². The fourth-order valence-corrected chi connectivity index (χ4v) is 4.50. The third-order valence-corrected chi connectivity index (χ3v) is 5.76. The summed E-state index contributed by atoms with van der Waals surface area (Å²) in [5, 5.41) is 0.964. The second-order valence-electron chi connectivity index (χ2n) is 6.05. The van der Waals surface area contributed by atoms with Crippen LogP contribution in [-0.4, -0.2) is 54.7 Å². The Kier molecular flexibility index (Phi) is 4.17. The number of esters is 1. The smallest absolute Gasteiger partial charge is 0.350 e. The average Bonchev–Trinajstić information content (AvgIpc) is 2.87. The maximum absolute atomic E-state index is 11.8. The molecule has 0 radical (unpaired) electrons. The molecule has 0 aliphatic carbocycles. The van der Waals surface area contributed by atoms with Gasteiger partial charge in [0.15, 0.2) is 5.13 Å². The number of thiazole rings is 1. The standard InChI is InChI=1S/C15H23N3O2S/c1-10-8-17-7-5-4-6-12(17)9-18(10)15-16-11(2)13(21-15)14(19)20-3/h10,12H,4-9H2,1-3H3. The van der Waals surface area contributed by atoms with Crippen molar-refractivity contribution in [1.82, 2.24) is 9.88 Å². The molecule has 2 fully saturated rings. The maximum atomic E-state index is 11.8. The van der Waals surface area contributed by atoms with Crippen molar-refractivity contribution in [2.24, 2.45) is 0 Å². The number of nitrogens with zero attached hydrogens (tertiary/aromatic N) is 3. The molecule has 2 saturated heterocycles. The molecule has 1 aromatic rings. The highest BCUT2D eigenvalue weighted by Gasteiger charge is 2.34. The van der Waals surface area contributed by atoms with Gasteiger partial charge in [-0.2, -0.15) is 0 Å². The molecule has 0 bridgehead atoms. The van der Waals surface area contributed by atoms with Crippen molar-refractivity contribution in [1.29, 1.82) is 0 Å². The number of aryl methyl sites for hydroxylation is 1. The number of carbonyl (C=O) groups is 1. The number of methoxy groups -OCH3 is 1. The third-order valence-electron chi connectivity index (χ3n) is 4.59. The maximum Gasteiger partial charge on any atom is 0.350 e. The van der Waals surface area contributed by atoms with Gasteiger partial charge in [0.25, 0.3) is 0 Å². The molecule has 3 heterocycles. The van der Waals surface area contributed by atoms with Crippen LogP contribution >= 0.6 is 11.3 Å². The van der Waals surface area contributed by atoms with E-state index in [-0.39, 0.29) is 5.97 Å². The highest BCUT2D eigenvalue weighted by Crippen LogP contribution is 2.32. The highest BCUT2D eigenvalue weighted by molar-refractivity contribution is 7.17. The van der Waals surface area contributed by atoms with Crippen LogP contribution in [0.5, 0.6) is 0 Å². The van der Waals surface area contributed by atoms with E-state index < -0.39 is 0 Å². The number of hydrogen-bond acceptors (Lipinski definition) is 6. The average molecular weight is 309 g/mol. The van der Waals surface area contributed by atoms with Crippen molar-refractivity contribution in [3.05, 3.63) is 10.6 Å². The van der Waals surface area contributed by atoms with Crippen molar-refractivity contribution < 1.29 is 9.53 Å². The Labute approximate surface area is 129 Å². The van der Waals surface area contributed by atoms with E-state index in [0.29, 0.717) is 17.0 Å². The summed E-state index contributed by atoms with van der Waals surface area (Å²) in [5.41, 5.74) is 0.778. The largest absolute Gasteiger partial charge is 0.465 e. The minimum atomic E-state index is -0.278. The summed E-state index contributed by atoms with van der Waals surface area (Å²) in [4.78, 5) is 22.0. The fraction of sp³-hybridized carbons (Fsp3) is 0.733. The second kappa shape index (κ2) is 5.93. The van der Waals surface area contributed by atoms with E-state index in [1.807, 2.05) is 6.92 Å². The SMILES string of the molecule is COC(=O)c1sc(N2CC3CCCCN3CC2C)nc1C. The molecule has 0 saturated carbocycles. The molecule has 21 heavy (non-hydrogen) atoms. The van der Waals surface area contributed by atoms with Gasteiger partial charge in [0.2, 0.25) is 0 Å². The first-order valence-corrected chi connectivity index (χ1v) is 8.48. The van der Waals surface area contributed by atoms with Crippen LogP contribution in [0.1, 0.15) is 41.6 Å². The molecule has 0 aromatic carbocycles. The van der Waals surface area contributed by atoms with Gasteiger partial charge in [0.05, 0.1) is 12.8 Å². The van der Waals surface area contributed by atoms with E-state index in [0.717, 1.165) is 23.9 Å². The molecule has 6 heteroatoms. The first-order chi connectivity index (χ1) is 10.1. The van der Waals surface area contributed by atoms with Gasteiger partial charge in [-0.3, -0.25) is 4.90 Å². The Morgan fingerprint density at radius 2 is 2.19 bits per heavy atom. The van der Waals surface area contributed by atoms with Crippen LogP contribution in [0.3, 0.4) is 0 Å². The van der Waals surface area contributed by atoms with Crippen molar-refractivity contribution in [3.8, 4) is 0 Å². The van der Waals surface area contributed by atoms with Gasteiger partial charge in [-0.25, -0.2) is 9.78 Å². The van der Waals surface area contributed by atoms with Gasteiger partial charge in [-0.15, -0.1) is 0 Å². The highest BCUT2D eigenvalue weighted by atomic mass is 32.1. The van der Waals surface area contributed by atoms with Gasteiger partial charge < -0.3 is 9.64 Å². The van der Waals surface area contributed by atoms with E-state index in [9.17, 15) is 4.79 Å². The monoisotopic (exact) mass is 309 g/mol. The van der Waals surface area contributed by atoms with Gasteiger partial charge >= 0.3 is 5.97 Å². The predicted octanol–water partition coefficient (Wildman–Crippen LogP) is 2.30. The van der Waals surface area contributed by atoms with E-state index >= 15 is 0 Å². The molecule has 0 spiro atoms. The molecule has 1 aromatic heterocycles. The first-order valence-electron chi connectivity index (χ1n) is 7.66. The van der Waals surface area contributed by atoms with Crippen molar-refractivity contribution >= 4 is 22.4 Å². The van der Waals surface area contributed by atoms with Crippen molar-refractivity contribution in [2.75, 3.05) is 31.6 Å². The number of rotatable bonds is 2. The Balaban J connectivity index is 1.81. The Morgan fingerprint density at radius 3 is 2.95 bits per heavy atom. The molecule has 2 aliphatic rings. The molecule has 116 valence electrons. The van der Waals surface area contributed by atoms with Crippen LogP contribution in [0.2, 0.25) is 0 Å². The number of aromatic nitrogens is 1. The second-order valence-corrected chi connectivity index (χ2v) is 7.03. The van der Waals surface area contributed by atoms with Crippen LogP contribution < -0.4 is 4.90 Å². The number of piperazine rings is 1. The minimum absolute atomic E-state index is 0.278. The summed E-state index contributed by atoms with van der Waals surface area (Å²) in [6.07, 6.45) is 3.93. The number of hydrogen-bond donors (Lipinski definition) is 0. The first kappa shape index (κ1) is 14.8. The van der Waals surface area contributed by atoms with E-state index in [1.165, 1.54) is 44.3 Å². The van der Waals surface area contributed by atoms with Crippen molar-refractivity contribution in [2.45, 2.75) is 45.2 Å². The molecule has 2 atom stereocenters. The Bertz CT molecular complexity index is 531. The predicted molar refractivity (Wildman–Crippen MR) is 84.2 cm³/mol. The van der Waals surface area contributed by atoms with Crippen molar-refractivity contribution in [3.63, 3.8) is 0 Å². The van der Waals surface area contributed by atoms with Crippen LogP contribution in [-0.2, 0) is 4.74 Å². The van der Waals surface area contributed by atoms with Gasteiger partial charge in [0.1, 0.15) is 4.88 Å². The summed E-state index contributed by atoms with van der Waals surface area (Å²) in [6, 6.07) is 1.08. The third kappa shape index (κ3) is 2.79. The van der Waals surface area contributed by atoms with Crippen LogP contribution in [0.4, 0.5) is 5.13 Å². The summed E-state index contributed by atoms with van der Waals surface area (Å²) in [5.74, 6) is -0.278. The Morgan fingerprint density at radius 1 is 1.38 bits per heavy atom. The number of fused-ring (bicyclic) bond motifs is 1. The summed E-state index contributed by atoms with van der Waals surface area (Å²) >= 11 is 1.46. The number of anilines is 1. The minimum Gasteiger partial charge on any atom is -0.465 e. The molecule has 0 N–H and O–H groups in total. The normalized spacial score (nSPS) is 26.5. The molecule has 2 aliphatic heterocycles. The number of ether oxygens (including phenoxy) is 1. The fourth-order valence-electron chi connectivity index (χ4n) is 3.41. The molecule has 0 amide bonds. The zero-order chi connectivity index (χ0) is 15.0.